The number of nitrogens with one attached hydrogen (secondary N) is 2. The molecule has 0 fully saturated rings. The van der Waals surface area contributed by atoms with Crippen LogP contribution in [0.25, 0.3) is 11.1 Å². The highest BCUT2D eigenvalue weighted by Gasteiger charge is 2.21. The standard InChI is InChI=1S/C13H11N3O4/c1-7-9(10-12(18)15-6-16-13(10)20-7)11(17)14-4-8-2-3-19-5-8/h2-3,5-6H,4H2,1H3,(H,14,17)(H,15,16,18). The van der Waals surface area contributed by atoms with Crippen molar-refractivity contribution in [2.24, 2.45) is 0 Å². The van der Waals surface area contributed by atoms with Gasteiger partial charge >= 0.3 is 0 Å². The van der Waals surface area contributed by atoms with Crippen LogP contribution < -0.4 is 10.9 Å². The van der Waals surface area contributed by atoms with Gasteiger partial charge < -0.3 is 19.1 Å². The molecule has 0 aliphatic heterocycles. The highest BCUT2D eigenvalue weighted by Crippen LogP contribution is 2.20. The second kappa shape index (κ2) is 4.69. The topological polar surface area (TPSA) is 101 Å². The highest BCUT2D eigenvalue weighted by molar-refractivity contribution is 6.06. The van der Waals surface area contributed by atoms with Crippen LogP contribution in [0.5, 0.6) is 0 Å². The molecule has 0 radical (unpaired) electrons. The average Bonchev–Trinajstić information content (AvgIpc) is 3.03. The van der Waals surface area contributed by atoms with Gasteiger partial charge in [0.25, 0.3) is 11.5 Å². The van der Waals surface area contributed by atoms with E-state index in [1.165, 1.54) is 18.9 Å². The van der Waals surface area contributed by atoms with Gasteiger partial charge in [0.1, 0.15) is 11.1 Å². The molecule has 2 N–H and O–H groups in total. The van der Waals surface area contributed by atoms with Crippen molar-refractivity contribution in [2.45, 2.75) is 13.5 Å². The zero-order chi connectivity index (χ0) is 14.1. The van der Waals surface area contributed by atoms with Gasteiger partial charge in [0.2, 0.25) is 5.71 Å². The van der Waals surface area contributed by atoms with Gasteiger partial charge in [0, 0.05) is 12.1 Å². The van der Waals surface area contributed by atoms with Crippen LogP contribution in [0.1, 0.15) is 21.7 Å². The van der Waals surface area contributed by atoms with Crippen molar-refractivity contribution >= 4 is 17.0 Å². The van der Waals surface area contributed by atoms with Crippen molar-refractivity contribution in [3.8, 4) is 0 Å². The van der Waals surface area contributed by atoms with Gasteiger partial charge in [0.15, 0.2) is 0 Å². The van der Waals surface area contributed by atoms with Crippen LogP contribution in [0.3, 0.4) is 0 Å². The lowest BCUT2D eigenvalue weighted by atomic mass is 10.1. The molecule has 0 unspecified atom stereocenters. The van der Waals surface area contributed by atoms with E-state index in [1.807, 2.05) is 0 Å². The van der Waals surface area contributed by atoms with Crippen LogP contribution in [-0.4, -0.2) is 15.9 Å². The molecule has 7 nitrogen and oxygen atoms in total. The van der Waals surface area contributed by atoms with E-state index in [-0.39, 0.29) is 22.6 Å². The summed E-state index contributed by atoms with van der Waals surface area (Å²) in [5, 5.41) is 2.87. The predicted molar refractivity (Wildman–Crippen MR) is 69.2 cm³/mol. The van der Waals surface area contributed by atoms with E-state index in [1.54, 1.807) is 13.0 Å². The molecule has 0 aromatic carbocycles. The van der Waals surface area contributed by atoms with Crippen LogP contribution in [0.4, 0.5) is 0 Å². The molecule has 20 heavy (non-hydrogen) atoms. The van der Waals surface area contributed by atoms with Gasteiger partial charge in [-0.25, -0.2) is 4.98 Å². The predicted octanol–water partition coefficient (Wildman–Crippen LogP) is 1.35. The normalized spacial score (nSPS) is 10.8. The van der Waals surface area contributed by atoms with Crippen molar-refractivity contribution in [1.82, 2.24) is 15.3 Å². The van der Waals surface area contributed by atoms with Gasteiger partial charge in [-0.1, -0.05) is 0 Å². The fraction of sp³-hybridized carbons (Fsp3) is 0.154. The van der Waals surface area contributed by atoms with Crippen LogP contribution in [0, 0.1) is 6.92 Å². The van der Waals surface area contributed by atoms with Crippen molar-refractivity contribution < 1.29 is 13.6 Å². The number of aryl methyl sites for hydroxylation is 1. The van der Waals surface area contributed by atoms with Gasteiger partial charge in [-0.05, 0) is 13.0 Å². The van der Waals surface area contributed by atoms with E-state index in [9.17, 15) is 9.59 Å². The number of hydrogen-bond donors (Lipinski definition) is 2. The third-order valence-electron chi connectivity index (χ3n) is 2.93. The van der Waals surface area contributed by atoms with E-state index < -0.39 is 5.56 Å². The van der Waals surface area contributed by atoms with Crippen molar-refractivity contribution in [1.29, 1.82) is 0 Å². The molecule has 0 atom stereocenters. The fourth-order valence-corrected chi connectivity index (χ4v) is 1.99. The molecule has 0 saturated carbocycles. The van der Waals surface area contributed by atoms with Gasteiger partial charge in [-0.3, -0.25) is 9.59 Å². The summed E-state index contributed by atoms with van der Waals surface area (Å²) >= 11 is 0. The molecular formula is C13H11N3O4. The molecule has 102 valence electrons. The monoisotopic (exact) mass is 273 g/mol. The first-order valence-corrected chi connectivity index (χ1v) is 5.93. The van der Waals surface area contributed by atoms with Crippen molar-refractivity contribution in [2.75, 3.05) is 0 Å². The minimum absolute atomic E-state index is 0.153. The Labute approximate surface area is 112 Å². The highest BCUT2D eigenvalue weighted by atomic mass is 16.3. The van der Waals surface area contributed by atoms with Crippen LogP contribution >= 0.6 is 0 Å². The third kappa shape index (κ3) is 1.99. The van der Waals surface area contributed by atoms with Crippen molar-refractivity contribution in [3.63, 3.8) is 0 Å². The largest absolute Gasteiger partial charge is 0.472 e. The van der Waals surface area contributed by atoms with E-state index in [2.05, 4.69) is 15.3 Å². The molecule has 3 rings (SSSR count). The van der Waals surface area contributed by atoms with Crippen LogP contribution in [0.15, 0.2) is 38.5 Å². The number of fused-ring (bicyclic) bond motifs is 1. The Morgan fingerprint density at radius 2 is 2.35 bits per heavy atom. The fourth-order valence-electron chi connectivity index (χ4n) is 1.99. The lowest BCUT2D eigenvalue weighted by Gasteiger charge is -2.02. The summed E-state index contributed by atoms with van der Waals surface area (Å²) in [5.74, 6) is -0.0326. The number of carbonyl (C=O) groups excluding carboxylic acids is 1. The first kappa shape index (κ1) is 12.2. The summed E-state index contributed by atoms with van der Waals surface area (Å²) in [6.07, 6.45) is 4.30. The first-order valence-electron chi connectivity index (χ1n) is 5.93. The van der Waals surface area contributed by atoms with E-state index in [4.69, 9.17) is 8.83 Å². The zero-order valence-corrected chi connectivity index (χ0v) is 10.6. The molecule has 7 heteroatoms. The molecule has 3 aromatic rings. The number of rotatable bonds is 3. The Kier molecular flexibility index (Phi) is 2.86. The number of furan rings is 2. The quantitative estimate of drug-likeness (QED) is 0.750. The number of hydrogen-bond acceptors (Lipinski definition) is 5. The zero-order valence-electron chi connectivity index (χ0n) is 10.6. The summed E-state index contributed by atoms with van der Waals surface area (Å²) in [7, 11) is 0. The van der Waals surface area contributed by atoms with E-state index >= 15 is 0 Å². The molecule has 0 spiro atoms. The lowest BCUT2D eigenvalue weighted by Crippen LogP contribution is -2.24. The Morgan fingerprint density at radius 3 is 3.10 bits per heavy atom. The maximum Gasteiger partial charge on any atom is 0.262 e. The Balaban J connectivity index is 1.95. The molecule has 3 aromatic heterocycles. The number of aromatic amines is 1. The number of amides is 1. The lowest BCUT2D eigenvalue weighted by molar-refractivity contribution is 0.0950. The molecule has 0 bridgehead atoms. The van der Waals surface area contributed by atoms with E-state index in [0.717, 1.165) is 5.56 Å². The van der Waals surface area contributed by atoms with E-state index in [0.29, 0.717) is 12.3 Å². The number of carbonyl (C=O) groups is 1. The van der Waals surface area contributed by atoms with Crippen LogP contribution in [0.2, 0.25) is 0 Å². The number of H-pyrrole nitrogens is 1. The average molecular weight is 273 g/mol. The summed E-state index contributed by atoms with van der Waals surface area (Å²) < 4.78 is 10.2. The number of nitrogens with zero attached hydrogens (tertiary/aromatic N) is 1. The second-order valence-corrected chi connectivity index (χ2v) is 4.26. The Morgan fingerprint density at radius 1 is 1.50 bits per heavy atom. The smallest absolute Gasteiger partial charge is 0.262 e. The Hall–Kier alpha value is -2.83. The third-order valence-corrected chi connectivity index (χ3v) is 2.93. The molecule has 0 saturated heterocycles. The summed E-state index contributed by atoms with van der Waals surface area (Å²) in [6, 6.07) is 1.75. The van der Waals surface area contributed by atoms with Gasteiger partial charge in [-0.2, -0.15) is 0 Å². The molecular weight excluding hydrogens is 262 g/mol. The molecule has 0 aliphatic rings. The Bertz CT molecular complexity index is 814. The summed E-state index contributed by atoms with van der Waals surface area (Å²) in [6.45, 7) is 1.92. The molecule has 0 aliphatic carbocycles. The molecule has 1 amide bonds. The van der Waals surface area contributed by atoms with Crippen LogP contribution in [-0.2, 0) is 6.54 Å². The second-order valence-electron chi connectivity index (χ2n) is 4.26. The number of aromatic nitrogens is 2. The first-order chi connectivity index (χ1) is 9.66. The summed E-state index contributed by atoms with van der Waals surface area (Å²) in [5.41, 5.74) is 0.786. The minimum Gasteiger partial charge on any atom is -0.472 e. The maximum absolute atomic E-state index is 12.2. The molecule has 3 heterocycles. The summed E-state index contributed by atoms with van der Waals surface area (Å²) in [4.78, 5) is 30.3. The minimum atomic E-state index is -0.402. The van der Waals surface area contributed by atoms with Gasteiger partial charge in [-0.15, -0.1) is 0 Å². The SMILES string of the molecule is Cc1oc2nc[nH]c(=O)c2c1C(=O)NCc1ccoc1. The van der Waals surface area contributed by atoms with Crippen molar-refractivity contribution in [3.05, 3.63) is 52.2 Å². The van der Waals surface area contributed by atoms with Gasteiger partial charge in [0.05, 0.1) is 24.4 Å². The maximum atomic E-state index is 12.2.